The summed E-state index contributed by atoms with van der Waals surface area (Å²) in [6.45, 7) is 0.812. The highest BCUT2D eigenvalue weighted by molar-refractivity contribution is 7.46. The van der Waals surface area contributed by atoms with E-state index in [0.29, 0.717) is 6.54 Å². The predicted molar refractivity (Wildman–Crippen MR) is 41.5 cm³/mol. The summed E-state index contributed by atoms with van der Waals surface area (Å²) in [6, 6.07) is 0. The highest BCUT2D eigenvalue weighted by atomic mass is 31.2. The third-order valence-electron chi connectivity index (χ3n) is 0.502. The third-order valence-corrected chi connectivity index (χ3v) is 1.62. The van der Waals surface area contributed by atoms with Gasteiger partial charge >= 0.3 is 16.5 Å². The Bertz CT molecular complexity index is 127. The van der Waals surface area contributed by atoms with Crippen molar-refractivity contribution in [2.45, 2.75) is 6.42 Å². The smallest absolute Gasteiger partial charge is 0.396 e. The summed E-state index contributed by atoms with van der Waals surface area (Å²) in [6.07, 6.45) is 0.722. The Morgan fingerprint density at radius 2 is 1.67 bits per heavy atom. The van der Waals surface area contributed by atoms with Crippen molar-refractivity contribution in [1.29, 1.82) is 0 Å². The van der Waals surface area contributed by atoms with E-state index in [1.807, 2.05) is 0 Å². The minimum absolute atomic E-state index is 0.219. The van der Waals surface area contributed by atoms with Crippen molar-refractivity contribution >= 4 is 16.5 Å². The summed E-state index contributed by atoms with van der Waals surface area (Å²) in [7, 11) is -5.85. The van der Waals surface area contributed by atoms with E-state index in [1.54, 1.807) is 0 Å². The fourth-order valence-electron chi connectivity index (χ4n) is 0.151. The molecule has 0 aromatic carbocycles. The van der Waals surface area contributed by atoms with Gasteiger partial charge < -0.3 is 10.8 Å². The molecule has 0 saturated heterocycles. The first-order valence-corrected chi connectivity index (χ1v) is 5.12. The van der Waals surface area contributed by atoms with Crippen LogP contribution in [0.5, 0.6) is 0 Å². The summed E-state index contributed by atoms with van der Waals surface area (Å²) >= 11 is 0. The lowest BCUT2D eigenvalue weighted by Crippen LogP contribution is -1.99. The number of nitrogens with two attached hydrogens (primary N) is 1. The second kappa shape index (κ2) is 11.0. The number of aliphatic hydroxyl groups is 1. The molecule has 0 aromatic heterocycles. The quantitative estimate of drug-likeness (QED) is 0.474. The Balaban J connectivity index is 0. The van der Waals surface area contributed by atoms with Crippen LogP contribution in [-0.4, -0.2) is 28.0 Å². The van der Waals surface area contributed by atoms with Gasteiger partial charge in [0.25, 0.3) is 0 Å². The highest BCUT2D eigenvalue weighted by Crippen LogP contribution is 2.30. The molecule has 0 amide bonds. The van der Waals surface area contributed by atoms with Gasteiger partial charge in [-0.15, -0.1) is 9.79 Å². The standard InChI is InChI=1S/C3H9NO.O5P2/c4-2-1-3-5;1-6(2)5-7(3)4/h5H,1-4H2;/p+2. The molecule has 12 heavy (non-hydrogen) atoms. The van der Waals surface area contributed by atoms with E-state index in [0.717, 1.165) is 6.42 Å². The third kappa shape index (κ3) is 22.5. The number of rotatable bonds is 4. The Labute approximate surface area is 71.1 Å². The van der Waals surface area contributed by atoms with Gasteiger partial charge in [0.2, 0.25) is 0 Å². The SMILES string of the molecule is NCCCO.O=[P+](O)O[P+](=O)O. The molecule has 0 rings (SSSR count). The molecule has 0 radical (unpaired) electrons. The van der Waals surface area contributed by atoms with Crippen LogP contribution in [0, 0.1) is 0 Å². The number of hydrogen-bond acceptors (Lipinski definition) is 5. The first-order chi connectivity index (χ1) is 5.54. The maximum atomic E-state index is 9.39. The lowest BCUT2D eigenvalue weighted by Gasteiger charge is -1.80. The van der Waals surface area contributed by atoms with E-state index >= 15 is 0 Å². The van der Waals surface area contributed by atoms with Gasteiger partial charge in [0.05, 0.1) is 0 Å². The molecule has 9 heteroatoms. The van der Waals surface area contributed by atoms with Crippen molar-refractivity contribution in [3.63, 3.8) is 0 Å². The van der Waals surface area contributed by atoms with Gasteiger partial charge in [-0.2, -0.15) is 0 Å². The summed E-state index contributed by atoms with van der Waals surface area (Å²) in [5.74, 6) is 0. The van der Waals surface area contributed by atoms with Crippen LogP contribution in [0.4, 0.5) is 0 Å². The zero-order chi connectivity index (χ0) is 9.98. The second-order valence-corrected chi connectivity index (χ2v) is 3.03. The highest BCUT2D eigenvalue weighted by Gasteiger charge is 2.31. The molecule has 0 heterocycles. The minimum atomic E-state index is -2.92. The zero-order valence-electron chi connectivity index (χ0n) is 6.16. The average molecular weight is 219 g/mol. The van der Waals surface area contributed by atoms with E-state index in [1.165, 1.54) is 0 Å². The molecule has 2 unspecified atom stereocenters. The molecule has 0 aliphatic rings. The molecule has 0 aromatic rings. The maximum Gasteiger partial charge on any atom is 0.745 e. The minimum Gasteiger partial charge on any atom is -0.396 e. The average Bonchev–Trinajstić information content (AvgIpc) is 1.87. The summed E-state index contributed by atoms with van der Waals surface area (Å²) < 4.78 is 22.2. The molecule has 7 nitrogen and oxygen atoms in total. The van der Waals surface area contributed by atoms with Gasteiger partial charge in [-0.25, -0.2) is 0 Å². The largest absolute Gasteiger partial charge is 0.745 e. The lowest BCUT2D eigenvalue weighted by atomic mass is 10.5. The molecule has 0 aliphatic heterocycles. The Hall–Kier alpha value is -0.0000000000000000763. The van der Waals surface area contributed by atoms with Crippen LogP contribution in [0.25, 0.3) is 0 Å². The van der Waals surface area contributed by atoms with E-state index < -0.39 is 16.5 Å². The fraction of sp³-hybridized carbons (Fsp3) is 1.00. The Morgan fingerprint density at radius 3 is 1.67 bits per heavy atom. The van der Waals surface area contributed by atoms with Gasteiger partial charge in [-0.05, 0) is 13.0 Å². The first-order valence-electron chi connectivity index (χ1n) is 2.85. The summed E-state index contributed by atoms with van der Waals surface area (Å²) in [5, 5.41) is 7.99. The van der Waals surface area contributed by atoms with E-state index in [9.17, 15) is 9.13 Å². The van der Waals surface area contributed by atoms with Crippen LogP contribution < -0.4 is 5.73 Å². The van der Waals surface area contributed by atoms with Crippen molar-refractivity contribution in [3.05, 3.63) is 0 Å². The van der Waals surface area contributed by atoms with Crippen molar-refractivity contribution in [2.24, 2.45) is 5.73 Å². The molecule has 0 aliphatic carbocycles. The molecular formula is C3H11NO6P2+2. The molecule has 0 spiro atoms. The number of aliphatic hydroxyl groups excluding tert-OH is 1. The van der Waals surface area contributed by atoms with Crippen molar-refractivity contribution in [3.8, 4) is 0 Å². The maximum absolute atomic E-state index is 9.39. The molecule has 5 N–H and O–H groups in total. The van der Waals surface area contributed by atoms with Crippen LogP contribution >= 0.6 is 16.5 Å². The molecule has 2 atom stereocenters. The van der Waals surface area contributed by atoms with E-state index in [4.69, 9.17) is 20.6 Å². The van der Waals surface area contributed by atoms with Gasteiger partial charge in [-0.3, -0.25) is 0 Å². The van der Waals surface area contributed by atoms with Crippen molar-refractivity contribution in [2.75, 3.05) is 13.2 Å². The van der Waals surface area contributed by atoms with Crippen LogP contribution in [0.15, 0.2) is 0 Å². The van der Waals surface area contributed by atoms with Gasteiger partial charge in [0.1, 0.15) is 0 Å². The fourth-order valence-corrected chi connectivity index (χ4v) is 0.629. The van der Waals surface area contributed by atoms with Gasteiger partial charge in [0.15, 0.2) is 4.31 Å². The molecule has 0 bridgehead atoms. The van der Waals surface area contributed by atoms with E-state index in [-0.39, 0.29) is 6.61 Å². The monoisotopic (exact) mass is 219 g/mol. The molecule has 0 saturated carbocycles. The van der Waals surface area contributed by atoms with Crippen LogP contribution in [0.2, 0.25) is 0 Å². The summed E-state index contributed by atoms with van der Waals surface area (Å²) in [4.78, 5) is 15.3. The number of hydrogen-bond donors (Lipinski definition) is 4. The molecule has 72 valence electrons. The van der Waals surface area contributed by atoms with Gasteiger partial charge in [0, 0.05) is 15.7 Å². The zero-order valence-corrected chi connectivity index (χ0v) is 7.95. The van der Waals surface area contributed by atoms with Crippen LogP contribution in [0.1, 0.15) is 6.42 Å². The first kappa shape index (κ1) is 14.5. The molecular weight excluding hydrogens is 208 g/mol. The van der Waals surface area contributed by atoms with Crippen LogP contribution in [-0.2, 0) is 13.4 Å². The molecule has 0 fully saturated rings. The Morgan fingerprint density at radius 1 is 1.25 bits per heavy atom. The normalized spacial score (nSPS) is 11.3. The van der Waals surface area contributed by atoms with Crippen molar-refractivity contribution in [1.82, 2.24) is 0 Å². The summed E-state index contributed by atoms with van der Waals surface area (Å²) in [5.41, 5.74) is 4.98. The lowest BCUT2D eigenvalue weighted by molar-refractivity contribution is 0.291. The Kier molecular flexibility index (Phi) is 13.3. The van der Waals surface area contributed by atoms with E-state index in [2.05, 4.69) is 4.31 Å². The van der Waals surface area contributed by atoms with Crippen molar-refractivity contribution < 1.29 is 28.3 Å². The van der Waals surface area contributed by atoms with Crippen LogP contribution in [0.3, 0.4) is 0 Å². The predicted octanol–water partition coefficient (Wildman–Crippen LogP) is -0.370. The second-order valence-electron chi connectivity index (χ2n) is 1.42. The topological polar surface area (TPSA) is 130 Å². The van der Waals surface area contributed by atoms with Gasteiger partial charge in [-0.1, -0.05) is 0 Å².